The summed E-state index contributed by atoms with van der Waals surface area (Å²) in [5, 5.41) is 25.1. The lowest BCUT2D eigenvalue weighted by atomic mass is 10.0. The van der Waals surface area contributed by atoms with Crippen LogP contribution >= 0.6 is 0 Å². The first-order chi connectivity index (χ1) is 14.9. The normalized spacial score (nSPS) is 14.7. The summed E-state index contributed by atoms with van der Waals surface area (Å²) in [6.07, 6.45) is 2.41. The third-order valence-electron chi connectivity index (χ3n) is 4.41. The number of nitrogens with two attached hydrogens (primary N) is 1. The van der Waals surface area contributed by atoms with E-state index in [1.165, 1.54) is 19.4 Å². The quantitative estimate of drug-likeness (QED) is 0.181. The number of aliphatic carboxylic acids is 2. The zero-order valence-electron chi connectivity index (χ0n) is 18.1. The van der Waals surface area contributed by atoms with Crippen LogP contribution in [0.1, 0.15) is 39.3 Å². The van der Waals surface area contributed by atoms with Gasteiger partial charge in [-0.15, -0.1) is 0 Å². The summed E-state index contributed by atoms with van der Waals surface area (Å²) >= 11 is 0. The van der Waals surface area contributed by atoms with E-state index in [-0.39, 0.29) is 18.8 Å². The molecule has 1 heterocycles. The monoisotopic (exact) mass is 454 g/mol. The number of carbonyl (C=O) groups excluding carboxylic acids is 3. The summed E-state index contributed by atoms with van der Waals surface area (Å²) in [5.74, 6) is -4.79. The van der Waals surface area contributed by atoms with E-state index < -0.39 is 60.2 Å². The van der Waals surface area contributed by atoms with E-state index in [1.54, 1.807) is 0 Å². The van der Waals surface area contributed by atoms with Gasteiger partial charge >= 0.3 is 11.9 Å². The van der Waals surface area contributed by atoms with Crippen molar-refractivity contribution < 1.29 is 34.2 Å². The summed E-state index contributed by atoms with van der Waals surface area (Å²) in [4.78, 5) is 66.3. The van der Waals surface area contributed by atoms with E-state index in [9.17, 15) is 24.0 Å². The van der Waals surface area contributed by atoms with Crippen molar-refractivity contribution in [2.45, 2.75) is 64.2 Å². The van der Waals surface area contributed by atoms with Crippen LogP contribution in [0.2, 0.25) is 0 Å². The Balaban J connectivity index is 2.99. The van der Waals surface area contributed by atoms with Gasteiger partial charge in [0.05, 0.1) is 18.8 Å². The van der Waals surface area contributed by atoms with Gasteiger partial charge in [0.15, 0.2) is 0 Å². The van der Waals surface area contributed by atoms with E-state index in [0.717, 1.165) is 0 Å². The van der Waals surface area contributed by atoms with Crippen LogP contribution in [0.15, 0.2) is 12.5 Å². The average Bonchev–Trinajstić information content (AvgIpc) is 3.18. The van der Waals surface area contributed by atoms with Crippen LogP contribution in [0, 0.1) is 5.92 Å². The van der Waals surface area contributed by atoms with Gasteiger partial charge in [-0.05, 0) is 19.3 Å². The van der Waals surface area contributed by atoms with Gasteiger partial charge in [-0.2, -0.15) is 0 Å². The molecule has 4 atom stereocenters. The molecule has 3 amide bonds. The molecule has 0 saturated heterocycles. The molecule has 1 aromatic heterocycles. The van der Waals surface area contributed by atoms with Crippen LogP contribution in [0.5, 0.6) is 0 Å². The minimum absolute atomic E-state index is 0.00914. The maximum atomic E-state index is 12.9. The molecule has 13 heteroatoms. The minimum Gasteiger partial charge on any atom is -0.481 e. The maximum absolute atomic E-state index is 12.9. The lowest BCUT2D eigenvalue weighted by Crippen LogP contribution is -2.57. The number of aromatic nitrogens is 2. The summed E-state index contributed by atoms with van der Waals surface area (Å²) in [5.41, 5.74) is 6.08. The van der Waals surface area contributed by atoms with E-state index in [1.807, 2.05) is 13.8 Å². The van der Waals surface area contributed by atoms with Crippen molar-refractivity contribution in [1.29, 1.82) is 0 Å². The molecule has 32 heavy (non-hydrogen) atoms. The molecular formula is C19H30N6O7. The molecule has 178 valence electrons. The number of hydrogen-bond donors (Lipinski definition) is 7. The number of imidazole rings is 1. The number of carboxylic acid groups (broad SMARTS) is 2. The van der Waals surface area contributed by atoms with Crippen LogP contribution in [0.3, 0.4) is 0 Å². The second-order valence-corrected chi connectivity index (χ2v) is 7.81. The van der Waals surface area contributed by atoms with Crippen molar-refractivity contribution in [3.8, 4) is 0 Å². The van der Waals surface area contributed by atoms with Crippen LogP contribution in [-0.2, 0) is 30.4 Å². The summed E-state index contributed by atoms with van der Waals surface area (Å²) in [6, 6.07) is -4.79. The molecule has 0 aliphatic rings. The number of rotatable bonds is 13. The summed E-state index contributed by atoms with van der Waals surface area (Å²) in [7, 11) is 0. The topological polar surface area (TPSA) is 217 Å². The van der Waals surface area contributed by atoms with Crippen molar-refractivity contribution in [2.24, 2.45) is 11.7 Å². The highest BCUT2D eigenvalue weighted by molar-refractivity contribution is 5.94. The smallest absolute Gasteiger partial charge is 0.325 e. The fourth-order valence-corrected chi connectivity index (χ4v) is 2.74. The molecule has 1 rings (SSSR count). The zero-order valence-corrected chi connectivity index (χ0v) is 18.1. The van der Waals surface area contributed by atoms with E-state index in [2.05, 4.69) is 25.9 Å². The van der Waals surface area contributed by atoms with E-state index >= 15 is 0 Å². The number of nitrogens with one attached hydrogen (secondary N) is 4. The molecule has 1 aromatic rings. The van der Waals surface area contributed by atoms with Crippen LogP contribution in [-0.4, -0.2) is 74.0 Å². The molecule has 4 unspecified atom stereocenters. The Hall–Kier alpha value is -3.48. The number of hydrogen-bond acceptors (Lipinski definition) is 7. The van der Waals surface area contributed by atoms with E-state index in [0.29, 0.717) is 5.69 Å². The highest BCUT2D eigenvalue weighted by Crippen LogP contribution is 2.08. The van der Waals surface area contributed by atoms with Crippen LogP contribution < -0.4 is 21.7 Å². The number of carbonyl (C=O) groups is 5. The highest BCUT2D eigenvalue weighted by atomic mass is 16.4. The van der Waals surface area contributed by atoms with Gasteiger partial charge in [0.25, 0.3) is 0 Å². The Morgan fingerprint density at radius 3 is 2.09 bits per heavy atom. The van der Waals surface area contributed by atoms with Gasteiger partial charge in [-0.25, -0.2) is 4.98 Å². The van der Waals surface area contributed by atoms with Gasteiger partial charge in [-0.3, -0.25) is 24.0 Å². The van der Waals surface area contributed by atoms with Gasteiger partial charge in [0.1, 0.15) is 18.1 Å². The van der Waals surface area contributed by atoms with Gasteiger partial charge in [0.2, 0.25) is 17.7 Å². The van der Waals surface area contributed by atoms with Gasteiger partial charge < -0.3 is 36.9 Å². The standard InChI is InChI=1S/C19H30N6O7/c1-9(2)4-13(24-16(28)12(20)6-15(26)27)18(30)25-14(5-11-7-21-8-22-11)17(29)23-10(3)19(31)32/h7-10,12-14H,4-6,20H2,1-3H3,(H,21,22)(H,23,29)(H,24,28)(H,25,30)(H,26,27)(H,31,32). The van der Waals surface area contributed by atoms with Gasteiger partial charge in [0, 0.05) is 18.3 Å². The average molecular weight is 454 g/mol. The van der Waals surface area contributed by atoms with Crippen molar-refractivity contribution >= 4 is 29.7 Å². The van der Waals surface area contributed by atoms with Crippen molar-refractivity contribution in [3.63, 3.8) is 0 Å². The third kappa shape index (κ3) is 9.12. The molecule has 0 aliphatic heterocycles. The van der Waals surface area contributed by atoms with E-state index in [4.69, 9.17) is 15.9 Å². The predicted molar refractivity (Wildman–Crippen MR) is 111 cm³/mol. The SMILES string of the molecule is CC(C)CC(NC(=O)C(N)CC(=O)O)C(=O)NC(Cc1cnc[nH]1)C(=O)NC(C)C(=O)O. The Bertz CT molecular complexity index is 811. The number of carboxylic acids is 2. The number of nitrogens with zero attached hydrogens (tertiary/aromatic N) is 1. The first-order valence-electron chi connectivity index (χ1n) is 9.99. The largest absolute Gasteiger partial charge is 0.481 e. The summed E-state index contributed by atoms with van der Waals surface area (Å²) < 4.78 is 0. The molecule has 0 spiro atoms. The minimum atomic E-state index is -1.35. The zero-order chi connectivity index (χ0) is 24.4. The molecule has 0 radical (unpaired) electrons. The Kier molecular flexibility index (Phi) is 10.3. The summed E-state index contributed by atoms with van der Waals surface area (Å²) in [6.45, 7) is 4.90. The van der Waals surface area contributed by atoms with Crippen molar-refractivity contribution in [1.82, 2.24) is 25.9 Å². The van der Waals surface area contributed by atoms with Gasteiger partial charge in [-0.1, -0.05) is 13.8 Å². The highest BCUT2D eigenvalue weighted by Gasteiger charge is 2.30. The molecule has 0 fully saturated rings. The molecule has 0 saturated carbocycles. The Morgan fingerprint density at radius 2 is 1.59 bits per heavy atom. The fraction of sp³-hybridized carbons (Fsp3) is 0.579. The Morgan fingerprint density at radius 1 is 1.00 bits per heavy atom. The lowest BCUT2D eigenvalue weighted by Gasteiger charge is -2.25. The third-order valence-corrected chi connectivity index (χ3v) is 4.41. The number of H-pyrrole nitrogens is 1. The van der Waals surface area contributed by atoms with Crippen molar-refractivity contribution in [2.75, 3.05) is 0 Å². The molecule has 8 N–H and O–H groups in total. The number of amides is 3. The first kappa shape index (κ1) is 26.6. The number of aromatic amines is 1. The fourth-order valence-electron chi connectivity index (χ4n) is 2.74. The van der Waals surface area contributed by atoms with Crippen LogP contribution in [0.25, 0.3) is 0 Å². The van der Waals surface area contributed by atoms with Crippen molar-refractivity contribution in [3.05, 3.63) is 18.2 Å². The molecule has 0 bridgehead atoms. The predicted octanol–water partition coefficient (Wildman–Crippen LogP) is -1.64. The molecule has 13 nitrogen and oxygen atoms in total. The molecule has 0 aliphatic carbocycles. The lowest BCUT2D eigenvalue weighted by molar-refractivity contribution is -0.141. The van der Waals surface area contributed by atoms with Crippen LogP contribution in [0.4, 0.5) is 0 Å². The molecular weight excluding hydrogens is 424 g/mol. The second-order valence-electron chi connectivity index (χ2n) is 7.81. The Labute approximate surface area is 184 Å². The molecule has 0 aromatic carbocycles. The first-order valence-corrected chi connectivity index (χ1v) is 9.99. The maximum Gasteiger partial charge on any atom is 0.325 e. The second kappa shape index (κ2) is 12.4.